The molecule has 4 rings (SSSR count). The van der Waals surface area contributed by atoms with Crippen molar-refractivity contribution in [3.63, 3.8) is 0 Å². The summed E-state index contributed by atoms with van der Waals surface area (Å²) in [6, 6.07) is 5.36. The zero-order valence-corrected chi connectivity index (χ0v) is 25.6. The van der Waals surface area contributed by atoms with Gasteiger partial charge in [0.15, 0.2) is 54.6 Å². The first-order valence-electron chi connectivity index (χ1n) is 12.7. The molecule has 0 saturated carbocycles. The Morgan fingerprint density at radius 3 is 1.98 bits per heavy atom. The number of carbonyl (C=O) groups is 3. The van der Waals surface area contributed by atoms with E-state index in [0.29, 0.717) is 4.70 Å². The molecule has 0 aliphatic heterocycles. The first kappa shape index (κ1) is 32.5. The molecular weight excluding hydrogens is 629 g/mol. The van der Waals surface area contributed by atoms with Crippen LogP contribution in [0.5, 0.6) is 23.0 Å². The maximum absolute atomic E-state index is 15.4. The Balaban J connectivity index is 1.43. The minimum Gasteiger partial charge on any atom is -0.504 e. The van der Waals surface area contributed by atoms with E-state index in [9.17, 15) is 24.6 Å². The van der Waals surface area contributed by atoms with Crippen LogP contribution in [-0.2, 0) is 4.79 Å². The molecule has 43 heavy (non-hydrogen) atoms. The lowest BCUT2D eigenvalue weighted by molar-refractivity contribution is -0.146. The van der Waals surface area contributed by atoms with Crippen LogP contribution in [-0.4, -0.2) is 64.0 Å². The molecule has 0 aliphatic carbocycles. The minimum atomic E-state index is -2.45. The molecule has 0 fully saturated rings. The van der Waals surface area contributed by atoms with Crippen molar-refractivity contribution < 1.29 is 57.4 Å². The topological polar surface area (TPSA) is 160 Å². The Labute approximate surface area is 253 Å². The normalized spacial score (nSPS) is 11.8. The van der Waals surface area contributed by atoms with E-state index in [0.717, 1.165) is 22.7 Å². The molecule has 4 aromatic rings. The lowest BCUT2D eigenvalue weighted by atomic mass is 9.87. The standard InChI is InChI=1S/C28H27F2O10PS2/c1-28(2,27(34)35)11-16(32)21-7-14-20(43-21)10-18(38-3)26(24(14)30)40-6-4-5-39-25-15(31)9-19-13(23(25)29)8-22(42-19)17(33)12-41(36)37/h7-10,31,36-37H,4-6,11-12H2,1-3H3,(H,34,35). The van der Waals surface area contributed by atoms with Gasteiger partial charge in [-0.25, -0.2) is 8.78 Å². The summed E-state index contributed by atoms with van der Waals surface area (Å²) < 4.78 is 47.5. The lowest BCUT2D eigenvalue weighted by Crippen LogP contribution is -2.26. The van der Waals surface area contributed by atoms with Crippen LogP contribution in [0.1, 0.15) is 46.0 Å². The van der Waals surface area contributed by atoms with Crippen molar-refractivity contribution in [2.75, 3.05) is 26.5 Å². The quantitative estimate of drug-likeness (QED) is 0.0708. The zero-order valence-electron chi connectivity index (χ0n) is 23.1. The Morgan fingerprint density at radius 1 is 0.884 bits per heavy atom. The highest BCUT2D eigenvalue weighted by molar-refractivity contribution is 7.46. The minimum absolute atomic E-state index is 0.0258. The number of phenols is 1. The van der Waals surface area contributed by atoms with E-state index in [2.05, 4.69) is 0 Å². The van der Waals surface area contributed by atoms with Gasteiger partial charge in [-0.2, -0.15) is 0 Å². The number of aliphatic carboxylic acids is 1. The first-order chi connectivity index (χ1) is 20.2. The van der Waals surface area contributed by atoms with Gasteiger partial charge in [0, 0.05) is 45.1 Å². The number of carboxylic acid groups (broad SMARTS) is 1. The molecule has 0 aliphatic rings. The SMILES string of the molecule is COc1cc2sc(C(=O)CC(C)(C)C(=O)O)cc2c(F)c1OCCCOc1c(O)cc2sc(C(=O)CP(O)O)cc2c1F. The maximum atomic E-state index is 15.4. The van der Waals surface area contributed by atoms with Gasteiger partial charge in [-0.05, 0) is 26.0 Å². The van der Waals surface area contributed by atoms with E-state index in [1.807, 2.05) is 0 Å². The molecule has 0 spiro atoms. The highest BCUT2D eigenvalue weighted by atomic mass is 32.1. The average molecular weight is 657 g/mol. The van der Waals surface area contributed by atoms with Crippen molar-refractivity contribution in [3.05, 3.63) is 45.7 Å². The van der Waals surface area contributed by atoms with Crippen molar-refractivity contribution >= 4 is 68.8 Å². The van der Waals surface area contributed by atoms with Crippen molar-refractivity contribution in [2.24, 2.45) is 5.41 Å². The summed E-state index contributed by atoms with van der Waals surface area (Å²) in [6.07, 6.45) is -0.617. The first-order valence-corrected chi connectivity index (χ1v) is 15.8. The van der Waals surface area contributed by atoms with E-state index in [1.54, 1.807) is 0 Å². The smallest absolute Gasteiger partial charge is 0.309 e. The fourth-order valence-corrected chi connectivity index (χ4v) is 6.67. The number of rotatable bonds is 14. The van der Waals surface area contributed by atoms with E-state index in [4.69, 9.17) is 24.0 Å². The van der Waals surface area contributed by atoms with Gasteiger partial charge in [-0.1, -0.05) is 0 Å². The summed E-state index contributed by atoms with van der Waals surface area (Å²) >= 11 is 1.91. The number of ether oxygens (including phenoxy) is 3. The van der Waals surface area contributed by atoms with Crippen LogP contribution in [0.15, 0.2) is 24.3 Å². The summed E-state index contributed by atoms with van der Waals surface area (Å²) in [5.74, 6) is -4.86. The van der Waals surface area contributed by atoms with Crippen molar-refractivity contribution in [1.29, 1.82) is 0 Å². The fraction of sp³-hybridized carbons (Fsp3) is 0.321. The molecule has 0 radical (unpaired) electrons. The Morgan fingerprint density at radius 2 is 1.42 bits per heavy atom. The molecule has 0 atom stereocenters. The van der Waals surface area contributed by atoms with Crippen LogP contribution in [0.2, 0.25) is 0 Å². The van der Waals surface area contributed by atoms with Crippen molar-refractivity contribution in [1.82, 2.24) is 0 Å². The second-order valence-corrected chi connectivity index (χ2v) is 13.3. The van der Waals surface area contributed by atoms with Gasteiger partial charge in [0.05, 0.1) is 41.7 Å². The van der Waals surface area contributed by atoms with E-state index >= 15 is 8.78 Å². The molecular formula is C28H27F2O10PS2. The summed E-state index contributed by atoms with van der Waals surface area (Å²) in [7, 11) is -1.13. The highest BCUT2D eigenvalue weighted by Gasteiger charge is 2.31. The average Bonchev–Trinajstić information content (AvgIpc) is 3.55. The predicted molar refractivity (Wildman–Crippen MR) is 158 cm³/mol. The van der Waals surface area contributed by atoms with E-state index in [1.165, 1.54) is 45.2 Å². The molecule has 10 nitrogen and oxygen atoms in total. The summed E-state index contributed by atoms with van der Waals surface area (Å²) in [6.45, 7) is 2.65. The number of aromatic hydroxyl groups is 1. The number of phenolic OH excluding ortho intramolecular Hbond substituents is 1. The van der Waals surface area contributed by atoms with Gasteiger partial charge in [0.25, 0.3) is 0 Å². The van der Waals surface area contributed by atoms with Crippen molar-refractivity contribution in [3.8, 4) is 23.0 Å². The van der Waals surface area contributed by atoms with Gasteiger partial charge in [-0.3, -0.25) is 14.4 Å². The predicted octanol–water partition coefficient (Wildman–Crippen LogP) is 6.12. The molecule has 2 aromatic carbocycles. The van der Waals surface area contributed by atoms with Gasteiger partial charge in [0.2, 0.25) is 0 Å². The number of hydrogen-bond acceptors (Lipinski definition) is 11. The van der Waals surface area contributed by atoms with E-state index in [-0.39, 0.29) is 62.8 Å². The number of fused-ring (bicyclic) bond motifs is 2. The number of hydrogen-bond donors (Lipinski definition) is 4. The van der Waals surface area contributed by atoms with Crippen LogP contribution in [0.3, 0.4) is 0 Å². The Kier molecular flexibility index (Phi) is 9.87. The highest BCUT2D eigenvalue weighted by Crippen LogP contribution is 2.42. The lowest BCUT2D eigenvalue weighted by Gasteiger charge is -2.16. The maximum Gasteiger partial charge on any atom is 0.309 e. The van der Waals surface area contributed by atoms with Crippen molar-refractivity contribution in [2.45, 2.75) is 26.7 Å². The van der Waals surface area contributed by atoms with Crippen LogP contribution in [0, 0.1) is 17.0 Å². The summed E-state index contributed by atoms with van der Waals surface area (Å²) in [4.78, 5) is 54.7. The molecule has 15 heteroatoms. The number of Topliss-reactive ketones (excluding diaryl/α,β-unsaturated/α-hetero) is 2. The fourth-order valence-electron chi connectivity index (χ4n) is 4.08. The van der Waals surface area contributed by atoms with Gasteiger partial charge in [0.1, 0.15) is 0 Å². The van der Waals surface area contributed by atoms with Gasteiger partial charge < -0.3 is 34.2 Å². The third kappa shape index (κ3) is 7.05. The van der Waals surface area contributed by atoms with E-state index < -0.39 is 60.6 Å². The second-order valence-electron chi connectivity index (χ2n) is 10.1. The number of methoxy groups -OCH3 is 1. The third-order valence-electron chi connectivity index (χ3n) is 6.40. The number of thiophene rings is 2. The number of halogens is 2. The Bertz CT molecular complexity index is 1710. The number of carbonyl (C=O) groups excluding carboxylic acids is 2. The zero-order chi connectivity index (χ0) is 31.6. The molecule has 2 aromatic heterocycles. The molecule has 0 bridgehead atoms. The molecule has 230 valence electrons. The van der Waals surface area contributed by atoms with Gasteiger partial charge >= 0.3 is 5.97 Å². The molecule has 0 saturated heterocycles. The van der Waals surface area contributed by atoms with Crippen LogP contribution in [0.4, 0.5) is 8.78 Å². The number of carboxylic acids is 1. The van der Waals surface area contributed by atoms with Gasteiger partial charge in [-0.15, -0.1) is 22.7 Å². The summed E-state index contributed by atoms with van der Waals surface area (Å²) in [5, 5.41) is 19.7. The Hall–Kier alpha value is -3.42. The molecule has 0 unspecified atom stereocenters. The number of benzene rings is 2. The summed E-state index contributed by atoms with van der Waals surface area (Å²) in [5.41, 5.74) is -1.29. The third-order valence-corrected chi connectivity index (χ3v) is 9.21. The van der Waals surface area contributed by atoms with Crippen LogP contribution >= 0.6 is 31.0 Å². The molecule has 0 amide bonds. The molecule has 4 N–H and O–H groups in total. The van der Waals surface area contributed by atoms with Crippen LogP contribution in [0.25, 0.3) is 20.2 Å². The second kappa shape index (κ2) is 13.1. The largest absolute Gasteiger partial charge is 0.504 e. The molecule has 2 heterocycles. The number of ketones is 2. The monoisotopic (exact) mass is 656 g/mol. The van der Waals surface area contributed by atoms with Crippen LogP contribution < -0.4 is 14.2 Å².